The van der Waals surface area contributed by atoms with Gasteiger partial charge in [0, 0.05) is 0 Å². The van der Waals surface area contributed by atoms with Crippen molar-refractivity contribution in [1.82, 2.24) is 5.32 Å². The van der Waals surface area contributed by atoms with Crippen LogP contribution < -0.4 is 5.32 Å². The highest BCUT2D eigenvalue weighted by molar-refractivity contribution is 5.80. The molecule has 4 unspecified atom stereocenters. The molecule has 0 aliphatic heterocycles. The maximum Gasteiger partial charge on any atom is 0.249 e. The van der Waals surface area contributed by atoms with Gasteiger partial charge in [-0.25, -0.2) is 0 Å². The highest BCUT2D eigenvalue weighted by atomic mass is 16.3. The Hall–Kier alpha value is -1.47. The van der Waals surface area contributed by atoms with E-state index in [9.17, 15) is 25.2 Å². The molecule has 0 aromatic heterocycles. The van der Waals surface area contributed by atoms with E-state index in [1.807, 2.05) is 0 Å². The minimum Gasteiger partial charge on any atom is -0.394 e. The van der Waals surface area contributed by atoms with Crippen LogP contribution >= 0.6 is 0 Å². The minimum absolute atomic E-state index is 0.362. The summed E-state index contributed by atoms with van der Waals surface area (Å²) in [5, 5.41) is 44.2. The molecule has 0 rings (SSSR count). The van der Waals surface area contributed by atoms with Gasteiger partial charge in [-0.2, -0.15) is 0 Å². The fourth-order valence-corrected chi connectivity index (χ4v) is 11.0. The number of unbranched alkanes of at least 4 members (excludes halogenated alkanes) is 49. The van der Waals surface area contributed by atoms with Crippen LogP contribution in [0.15, 0.2) is 36.5 Å². The molecule has 0 bridgehead atoms. The van der Waals surface area contributed by atoms with Crippen LogP contribution in [0, 0.1) is 0 Å². The second-order valence-corrected chi connectivity index (χ2v) is 23.9. The molecular formula is C70H135NO5. The molecule has 0 radical (unpaired) electrons. The summed E-state index contributed by atoms with van der Waals surface area (Å²) in [5.41, 5.74) is 0. The van der Waals surface area contributed by atoms with E-state index in [4.69, 9.17) is 0 Å². The van der Waals surface area contributed by atoms with Crippen LogP contribution in [-0.4, -0.2) is 57.3 Å². The lowest BCUT2D eigenvalue weighted by Crippen LogP contribution is -2.53. The quantitative estimate of drug-likeness (QED) is 0.0308. The van der Waals surface area contributed by atoms with Gasteiger partial charge in [-0.3, -0.25) is 4.79 Å². The van der Waals surface area contributed by atoms with Gasteiger partial charge in [-0.15, -0.1) is 0 Å². The first-order chi connectivity index (χ1) is 37.5. The molecule has 76 heavy (non-hydrogen) atoms. The number of allylic oxidation sites excluding steroid dienone is 6. The lowest BCUT2D eigenvalue weighted by molar-refractivity contribution is -0.132. The van der Waals surface area contributed by atoms with Crippen molar-refractivity contribution in [3.05, 3.63) is 36.5 Å². The van der Waals surface area contributed by atoms with Crippen LogP contribution in [0.4, 0.5) is 0 Å². The number of hydrogen-bond donors (Lipinski definition) is 5. The van der Waals surface area contributed by atoms with Gasteiger partial charge < -0.3 is 25.7 Å². The predicted octanol–water partition coefficient (Wildman–Crippen LogP) is 21.1. The third-order valence-electron chi connectivity index (χ3n) is 16.3. The highest BCUT2D eigenvalue weighted by Gasteiger charge is 2.28. The van der Waals surface area contributed by atoms with Gasteiger partial charge in [0.25, 0.3) is 0 Å². The van der Waals surface area contributed by atoms with Crippen molar-refractivity contribution in [2.45, 2.75) is 398 Å². The summed E-state index contributed by atoms with van der Waals surface area (Å²) in [6.07, 6.45) is 82.7. The largest absolute Gasteiger partial charge is 0.394 e. The van der Waals surface area contributed by atoms with Crippen molar-refractivity contribution < 1.29 is 25.2 Å². The monoisotopic (exact) mass is 1070 g/mol. The van der Waals surface area contributed by atoms with Crippen molar-refractivity contribution >= 4 is 5.91 Å². The van der Waals surface area contributed by atoms with Crippen molar-refractivity contribution in [3.63, 3.8) is 0 Å². The lowest BCUT2D eigenvalue weighted by atomic mass is 10.00. The van der Waals surface area contributed by atoms with E-state index in [1.54, 1.807) is 0 Å². The number of aliphatic hydroxyl groups excluding tert-OH is 4. The van der Waals surface area contributed by atoms with E-state index < -0.39 is 36.9 Å². The van der Waals surface area contributed by atoms with Crippen LogP contribution in [0.25, 0.3) is 0 Å². The standard InChI is InChI=1S/C70H135NO5/c1-3-5-7-9-11-13-15-17-19-21-23-25-27-29-31-33-34-36-38-40-42-44-46-48-50-52-54-56-58-60-62-64-68(74)70(76)71-66(65-72)69(75)67(73)63-61-59-57-55-53-51-49-47-45-43-41-39-37-35-32-30-28-26-24-22-20-18-16-14-12-10-8-6-4-2/h29,31,47,49,55,57,66-69,72-75H,3-28,30,32-46,48,50-54,56,58-65H2,1-2H3,(H,71,76)/b31-29-,49-47+,57-55+. The zero-order valence-corrected chi connectivity index (χ0v) is 51.3. The molecule has 0 aromatic carbocycles. The zero-order chi connectivity index (χ0) is 55.1. The number of aliphatic hydroxyl groups is 4. The predicted molar refractivity (Wildman–Crippen MR) is 334 cm³/mol. The number of nitrogens with one attached hydrogen (secondary N) is 1. The van der Waals surface area contributed by atoms with E-state index in [1.165, 1.54) is 302 Å². The maximum absolute atomic E-state index is 12.7. The zero-order valence-electron chi connectivity index (χ0n) is 51.3. The summed E-state index contributed by atoms with van der Waals surface area (Å²) in [7, 11) is 0. The Morgan fingerprint density at radius 1 is 0.316 bits per heavy atom. The molecule has 0 fully saturated rings. The number of carbonyl (C=O) groups is 1. The highest BCUT2D eigenvalue weighted by Crippen LogP contribution is 2.19. The van der Waals surface area contributed by atoms with Crippen LogP contribution in [0.5, 0.6) is 0 Å². The summed E-state index contributed by atoms with van der Waals surface area (Å²) in [6, 6.07) is -1.01. The molecule has 0 aliphatic rings. The van der Waals surface area contributed by atoms with Crippen molar-refractivity contribution in [2.75, 3.05) is 6.61 Å². The van der Waals surface area contributed by atoms with Crippen LogP contribution in [0.2, 0.25) is 0 Å². The van der Waals surface area contributed by atoms with Crippen molar-refractivity contribution in [1.29, 1.82) is 0 Å². The third-order valence-corrected chi connectivity index (χ3v) is 16.3. The average molecular weight is 1070 g/mol. The molecule has 0 saturated heterocycles. The molecule has 5 N–H and O–H groups in total. The third kappa shape index (κ3) is 57.2. The van der Waals surface area contributed by atoms with Gasteiger partial charge in [-0.05, 0) is 77.0 Å². The Kier molecular flexibility index (Phi) is 63.1. The maximum atomic E-state index is 12.7. The van der Waals surface area contributed by atoms with Crippen LogP contribution in [-0.2, 0) is 4.79 Å². The van der Waals surface area contributed by atoms with Gasteiger partial charge in [0.15, 0.2) is 0 Å². The fourth-order valence-electron chi connectivity index (χ4n) is 11.0. The van der Waals surface area contributed by atoms with E-state index >= 15 is 0 Å². The number of carbonyl (C=O) groups excluding carboxylic acids is 1. The molecule has 0 aliphatic carbocycles. The van der Waals surface area contributed by atoms with Gasteiger partial charge in [0.1, 0.15) is 12.2 Å². The topological polar surface area (TPSA) is 110 Å². The lowest BCUT2D eigenvalue weighted by Gasteiger charge is -2.27. The summed E-state index contributed by atoms with van der Waals surface area (Å²) in [5.74, 6) is -0.592. The minimum atomic E-state index is -1.29. The molecule has 0 aromatic rings. The van der Waals surface area contributed by atoms with Gasteiger partial charge in [-0.1, -0.05) is 333 Å². The molecule has 0 heterocycles. The molecule has 4 atom stereocenters. The van der Waals surface area contributed by atoms with Crippen LogP contribution in [0.3, 0.4) is 0 Å². The van der Waals surface area contributed by atoms with Gasteiger partial charge in [0.05, 0.1) is 18.8 Å². The Labute approximate surface area is 475 Å². The van der Waals surface area contributed by atoms with Crippen molar-refractivity contribution in [3.8, 4) is 0 Å². The molecule has 0 spiro atoms. The first kappa shape index (κ1) is 74.5. The number of amides is 1. The fraction of sp³-hybridized carbons (Fsp3) is 0.900. The van der Waals surface area contributed by atoms with E-state index in [0.29, 0.717) is 19.3 Å². The molecule has 0 saturated carbocycles. The van der Waals surface area contributed by atoms with E-state index in [2.05, 4.69) is 55.6 Å². The normalized spacial score (nSPS) is 13.7. The van der Waals surface area contributed by atoms with Crippen LogP contribution in [0.1, 0.15) is 373 Å². The molecule has 6 heteroatoms. The summed E-state index contributed by atoms with van der Waals surface area (Å²) in [4.78, 5) is 12.7. The average Bonchev–Trinajstić information content (AvgIpc) is 3.42. The SMILES string of the molecule is CCCCCCCCCCCCCC/C=C\CCCCCCCCCCCCCCCCCC(O)C(=O)NC(CO)C(O)C(O)CCC/C=C/CC/C=C/CCCCCCCCCCCCCCCCCCCCCC. The van der Waals surface area contributed by atoms with E-state index in [0.717, 1.165) is 38.5 Å². The second-order valence-electron chi connectivity index (χ2n) is 23.9. The Bertz CT molecular complexity index is 1200. The Balaban J connectivity index is 3.60. The molecular weight excluding hydrogens is 935 g/mol. The first-order valence-corrected chi connectivity index (χ1v) is 34.4. The molecule has 6 nitrogen and oxygen atoms in total. The van der Waals surface area contributed by atoms with E-state index in [-0.39, 0.29) is 0 Å². The Morgan fingerprint density at radius 3 is 0.829 bits per heavy atom. The summed E-state index contributed by atoms with van der Waals surface area (Å²) in [6.45, 7) is 4.09. The molecule has 1 amide bonds. The number of rotatable bonds is 64. The van der Waals surface area contributed by atoms with Gasteiger partial charge in [0.2, 0.25) is 5.91 Å². The number of hydrogen-bond acceptors (Lipinski definition) is 5. The van der Waals surface area contributed by atoms with Gasteiger partial charge >= 0.3 is 0 Å². The Morgan fingerprint density at radius 2 is 0.553 bits per heavy atom. The second kappa shape index (κ2) is 64.4. The first-order valence-electron chi connectivity index (χ1n) is 34.4. The smallest absolute Gasteiger partial charge is 0.249 e. The van der Waals surface area contributed by atoms with Crippen molar-refractivity contribution in [2.24, 2.45) is 0 Å². The molecule has 450 valence electrons. The summed E-state index contributed by atoms with van der Waals surface area (Å²) >= 11 is 0. The summed E-state index contributed by atoms with van der Waals surface area (Å²) < 4.78 is 0.